The largest absolute Gasteiger partial charge is 0.489 e. The number of carbonyl (C=O) groups is 1. The van der Waals surface area contributed by atoms with Crippen LogP contribution in [0.2, 0.25) is 0 Å². The number of carbonyl (C=O) groups excluding carboxylic acids is 1. The van der Waals surface area contributed by atoms with Crippen molar-refractivity contribution in [1.29, 1.82) is 0 Å². The molecule has 1 aliphatic rings. The van der Waals surface area contributed by atoms with Gasteiger partial charge in [0.05, 0.1) is 5.56 Å². The highest BCUT2D eigenvalue weighted by molar-refractivity contribution is 6.14. The van der Waals surface area contributed by atoms with E-state index in [-0.39, 0.29) is 11.5 Å². The number of hydrogen-bond donors (Lipinski definition) is 0. The van der Waals surface area contributed by atoms with Gasteiger partial charge in [-0.3, -0.25) is 4.79 Å². The summed E-state index contributed by atoms with van der Waals surface area (Å²) in [5, 5.41) is 0. The number of halogens is 1. The van der Waals surface area contributed by atoms with Gasteiger partial charge in [-0.1, -0.05) is 55.1 Å². The molecule has 1 heterocycles. The van der Waals surface area contributed by atoms with E-state index in [1.165, 1.54) is 12.1 Å². The second-order valence-corrected chi connectivity index (χ2v) is 6.35. The maximum atomic E-state index is 13.8. The maximum Gasteiger partial charge on any atom is 0.231 e. The first kappa shape index (κ1) is 17.7. The van der Waals surface area contributed by atoms with Gasteiger partial charge in [0, 0.05) is 11.6 Å². The molecular weight excluding hydrogens is 355 g/mol. The van der Waals surface area contributed by atoms with Gasteiger partial charge in [-0.25, -0.2) is 4.39 Å². The SMILES string of the molecule is C=Cc1ccc(COc2ccc3c(c2)O/C(=C\c2ccccc2F)C3=O)cc1. The van der Waals surface area contributed by atoms with Gasteiger partial charge in [0.1, 0.15) is 23.9 Å². The summed E-state index contributed by atoms with van der Waals surface area (Å²) in [6.07, 6.45) is 3.20. The lowest BCUT2D eigenvalue weighted by Gasteiger charge is -2.07. The van der Waals surface area contributed by atoms with Gasteiger partial charge in [-0.05, 0) is 35.4 Å². The maximum absolute atomic E-state index is 13.8. The standard InChI is InChI=1S/C24H17FO3/c1-2-16-7-9-17(10-8-16)15-27-19-11-12-20-22(14-19)28-23(24(20)26)13-18-5-3-4-6-21(18)25/h2-14H,1,15H2/b23-13-. The van der Waals surface area contributed by atoms with E-state index in [0.29, 0.717) is 29.2 Å². The molecular formula is C24H17FO3. The molecule has 0 amide bonds. The van der Waals surface area contributed by atoms with Crippen LogP contribution in [-0.2, 0) is 6.61 Å². The third-order valence-electron chi connectivity index (χ3n) is 4.45. The van der Waals surface area contributed by atoms with E-state index in [0.717, 1.165) is 11.1 Å². The van der Waals surface area contributed by atoms with Gasteiger partial charge < -0.3 is 9.47 Å². The van der Waals surface area contributed by atoms with Crippen molar-refractivity contribution in [1.82, 2.24) is 0 Å². The van der Waals surface area contributed by atoms with Gasteiger partial charge in [-0.2, -0.15) is 0 Å². The number of allylic oxidation sites excluding steroid dienone is 1. The Morgan fingerprint density at radius 3 is 2.57 bits per heavy atom. The van der Waals surface area contributed by atoms with E-state index in [9.17, 15) is 9.18 Å². The van der Waals surface area contributed by atoms with Crippen molar-refractivity contribution < 1.29 is 18.7 Å². The number of benzene rings is 3. The lowest BCUT2D eigenvalue weighted by Crippen LogP contribution is -1.98. The molecule has 0 bridgehead atoms. The molecule has 0 spiro atoms. The molecule has 28 heavy (non-hydrogen) atoms. The summed E-state index contributed by atoms with van der Waals surface area (Å²) in [4.78, 5) is 12.5. The predicted molar refractivity (Wildman–Crippen MR) is 107 cm³/mol. The summed E-state index contributed by atoms with van der Waals surface area (Å²) < 4.78 is 25.3. The molecule has 0 unspecified atom stereocenters. The van der Waals surface area contributed by atoms with E-state index in [2.05, 4.69) is 6.58 Å². The van der Waals surface area contributed by atoms with Gasteiger partial charge in [0.15, 0.2) is 5.76 Å². The van der Waals surface area contributed by atoms with E-state index in [1.807, 2.05) is 24.3 Å². The zero-order valence-corrected chi connectivity index (χ0v) is 15.0. The number of ether oxygens (including phenoxy) is 2. The van der Waals surface area contributed by atoms with E-state index in [4.69, 9.17) is 9.47 Å². The monoisotopic (exact) mass is 372 g/mol. The Labute approximate surface area is 162 Å². The second kappa shape index (κ2) is 7.53. The lowest BCUT2D eigenvalue weighted by molar-refractivity contribution is 0.101. The third kappa shape index (κ3) is 3.58. The molecule has 0 fully saturated rings. The highest BCUT2D eigenvalue weighted by Gasteiger charge is 2.28. The molecule has 3 aromatic rings. The Hall–Kier alpha value is -3.66. The molecule has 0 saturated heterocycles. The van der Waals surface area contributed by atoms with Crippen LogP contribution in [-0.4, -0.2) is 5.78 Å². The Kier molecular flexibility index (Phi) is 4.77. The minimum absolute atomic E-state index is 0.0947. The van der Waals surface area contributed by atoms with Gasteiger partial charge >= 0.3 is 0 Å². The van der Waals surface area contributed by atoms with Crippen molar-refractivity contribution in [3.8, 4) is 11.5 Å². The summed E-state index contributed by atoms with van der Waals surface area (Å²) in [5.41, 5.74) is 2.80. The predicted octanol–water partition coefficient (Wildman–Crippen LogP) is 5.66. The van der Waals surface area contributed by atoms with Crippen molar-refractivity contribution in [2.75, 3.05) is 0 Å². The Balaban J connectivity index is 1.50. The summed E-state index contributed by atoms with van der Waals surface area (Å²) in [6.45, 7) is 4.12. The topological polar surface area (TPSA) is 35.5 Å². The van der Waals surface area contributed by atoms with Gasteiger partial charge in [0.2, 0.25) is 5.78 Å². The highest BCUT2D eigenvalue weighted by Crippen LogP contribution is 2.35. The Bertz CT molecular complexity index is 1080. The molecule has 3 nitrogen and oxygen atoms in total. The molecule has 4 heteroatoms. The number of rotatable bonds is 5. The smallest absolute Gasteiger partial charge is 0.231 e. The van der Waals surface area contributed by atoms with E-state index < -0.39 is 5.82 Å². The van der Waals surface area contributed by atoms with Crippen LogP contribution < -0.4 is 9.47 Å². The molecule has 0 atom stereocenters. The van der Waals surface area contributed by atoms with Crippen LogP contribution >= 0.6 is 0 Å². The summed E-state index contributed by atoms with van der Waals surface area (Å²) >= 11 is 0. The molecule has 0 saturated carbocycles. The first-order chi connectivity index (χ1) is 13.6. The zero-order valence-electron chi connectivity index (χ0n) is 15.0. The normalized spacial score (nSPS) is 13.9. The second-order valence-electron chi connectivity index (χ2n) is 6.35. The van der Waals surface area contributed by atoms with Crippen LogP contribution in [0, 0.1) is 5.82 Å². The van der Waals surface area contributed by atoms with Gasteiger partial charge in [0.25, 0.3) is 0 Å². The number of fused-ring (bicyclic) bond motifs is 1. The average molecular weight is 372 g/mol. The number of ketones is 1. The van der Waals surface area contributed by atoms with Crippen molar-refractivity contribution in [3.63, 3.8) is 0 Å². The zero-order chi connectivity index (χ0) is 19.5. The lowest BCUT2D eigenvalue weighted by atomic mass is 10.1. The number of hydrogen-bond acceptors (Lipinski definition) is 3. The summed E-state index contributed by atoms with van der Waals surface area (Å²) in [7, 11) is 0. The average Bonchev–Trinajstić information content (AvgIpc) is 3.03. The fraction of sp³-hybridized carbons (Fsp3) is 0.0417. The first-order valence-corrected chi connectivity index (χ1v) is 8.81. The fourth-order valence-corrected chi connectivity index (χ4v) is 2.91. The summed E-state index contributed by atoms with van der Waals surface area (Å²) in [6, 6.07) is 19.2. The Morgan fingerprint density at radius 2 is 1.82 bits per heavy atom. The minimum atomic E-state index is -0.408. The van der Waals surface area contributed by atoms with E-state index in [1.54, 1.807) is 42.5 Å². The van der Waals surface area contributed by atoms with Crippen molar-refractivity contribution in [2.24, 2.45) is 0 Å². The number of Topliss-reactive ketones (excluding diaryl/α,β-unsaturated/α-hetero) is 1. The Morgan fingerprint density at radius 1 is 1.04 bits per heavy atom. The van der Waals surface area contributed by atoms with E-state index >= 15 is 0 Å². The van der Waals surface area contributed by atoms with Gasteiger partial charge in [-0.15, -0.1) is 0 Å². The van der Waals surface area contributed by atoms with Crippen LogP contribution in [0.5, 0.6) is 11.5 Å². The third-order valence-corrected chi connectivity index (χ3v) is 4.45. The molecule has 0 radical (unpaired) electrons. The summed E-state index contributed by atoms with van der Waals surface area (Å²) in [5.74, 6) is 0.412. The van der Waals surface area contributed by atoms with Crippen LogP contribution in [0.1, 0.15) is 27.0 Å². The highest BCUT2D eigenvalue weighted by atomic mass is 19.1. The van der Waals surface area contributed by atoms with Crippen LogP contribution in [0.3, 0.4) is 0 Å². The van der Waals surface area contributed by atoms with Crippen LogP contribution in [0.15, 0.2) is 79.1 Å². The fourth-order valence-electron chi connectivity index (χ4n) is 2.91. The van der Waals surface area contributed by atoms with Crippen LogP contribution in [0.25, 0.3) is 12.2 Å². The minimum Gasteiger partial charge on any atom is -0.489 e. The van der Waals surface area contributed by atoms with Crippen molar-refractivity contribution in [3.05, 3.63) is 107 Å². The molecule has 4 rings (SSSR count). The van der Waals surface area contributed by atoms with Crippen LogP contribution in [0.4, 0.5) is 4.39 Å². The molecule has 3 aromatic carbocycles. The molecule has 0 aliphatic carbocycles. The van der Waals surface area contributed by atoms with Crippen molar-refractivity contribution in [2.45, 2.75) is 6.61 Å². The van der Waals surface area contributed by atoms with Crippen molar-refractivity contribution >= 4 is 17.9 Å². The molecule has 1 aliphatic heterocycles. The molecule has 0 N–H and O–H groups in total. The molecule has 0 aromatic heterocycles. The molecule has 138 valence electrons. The first-order valence-electron chi connectivity index (χ1n) is 8.81. The quantitative estimate of drug-likeness (QED) is 0.542.